The summed E-state index contributed by atoms with van der Waals surface area (Å²) in [7, 11) is 1.23. The first-order chi connectivity index (χ1) is 11.7. The van der Waals surface area contributed by atoms with Gasteiger partial charge in [-0.2, -0.15) is 0 Å². The molecular formula is C20H29CoO4Si. The van der Waals surface area contributed by atoms with Crippen molar-refractivity contribution >= 4 is 20.0 Å². The molecule has 0 fully saturated rings. The Morgan fingerprint density at radius 1 is 0.923 bits per heavy atom. The predicted octanol–water partition coefficient (Wildman–Crippen LogP) is 4.25. The Morgan fingerprint density at radius 2 is 1.38 bits per heavy atom. The van der Waals surface area contributed by atoms with Gasteiger partial charge in [0.15, 0.2) is 0 Å². The third-order valence-corrected chi connectivity index (χ3v) is 5.36. The Morgan fingerprint density at radius 3 is 1.69 bits per heavy atom. The Labute approximate surface area is 168 Å². The molecular weight excluding hydrogens is 391 g/mol. The number of esters is 2. The number of allylic oxidation sites excluding steroid dienone is 6. The van der Waals surface area contributed by atoms with E-state index < -0.39 is 25.4 Å². The number of methoxy groups -OCH3 is 2. The molecule has 0 aromatic carbocycles. The number of rotatable bonds is 5. The smallest absolute Gasteiger partial charge is 0.331 e. The van der Waals surface area contributed by atoms with E-state index in [2.05, 4.69) is 19.6 Å². The summed E-state index contributed by atoms with van der Waals surface area (Å²) >= 11 is 0. The van der Waals surface area contributed by atoms with Gasteiger partial charge in [-0.15, -0.1) is 0 Å². The van der Waals surface area contributed by atoms with E-state index in [9.17, 15) is 9.59 Å². The van der Waals surface area contributed by atoms with Crippen molar-refractivity contribution in [3.05, 3.63) is 54.0 Å². The molecule has 0 N–H and O–H groups in total. The van der Waals surface area contributed by atoms with Gasteiger partial charge >= 0.3 is 11.9 Å². The fourth-order valence-electron chi connectivity index (χ4n) is 2.82. The van der Waals surface area contributed by atoms with E-state index in [1.54, 1.807) is 12.2 Å². The van der Waals surface area contributed by atoms with E-state index in [-0.39, 0.29) is 16.8 Å². The van der Waals surface area contributed by atoms with Crippen LogP contribution in [-0.4, -0.2) is 34.2 Å². The molecule has 0 aromatic heterocycles. The van der Waals surface area contributed by atoms with Gasteiger partial charge in [0, 0.05) is 31.3 Å². The summed E-state index contributed by atoms with van der Waals surface area (Å²) < 4.78 is 9.63. The van der Waals surface area contributed by atoms with Crippen LogP contribution in [0, 0.1) is 11.8 Å². The summed E-state index contributed by atoms with van der Waals surface area (Å²) in [6, 6.07) is 0.933. The van der Waals surface area contributed by atoms with Crippen molar-refractivity contribution < 1.29 is 35.8 Å². The van der Waals surface area contributed by atoms with E-state index in [0.717, 1.165) is 23.6 Å². The maximum absolute atomic E-state index is 12.1. The Hall–Kier alpha value is -1.38. The second-order valence-electron chi connectivity index (χ2n) is 7.24. The van der Waals surface area contributed by atoms with Crippen LogP contribution in [0.25, 0.3) is 0 Å². The van der Waals surface area contributed by atoms with Crippen molar-refractivity contribution in [2.24, 2.45) is 5.41 Å². The molecule has 0 unspecified atom stereocenters. The fourth-order valence-corrected chi connectivity index (χ4v) is 4.29. The fraction of sp³-hybridized carbons (Fsp3) is 0.450. The van der Waals surface area contributed by atoms with Crippen molar-refractivity contribution in [1.29, 1.82) is 0 Å². The first kappa shape index (κ1) is 24.6. The van der Waals surface area contributed by atoms with Gasteiger partial charge in [-0.25, -0.2) is 0 Å². The van der Waals surface area contributed by atoms with E-state index in [0.29, 0.717) is 0 Å². The average Bonchev–Trinajstić information content (AvgIpc) is 3.23. The molecule has 0 heterocycles. The molecule has 0 bridgehead atoms. The Kier molecular flexibility index (Phi) is 10.1. The first-order valence-corrected chi connectivity index (χ1v) is 12.2. The molecule has 2 rings (SSSR count). The summed E-state index contributed by atoms with van der Waals surface area (Å²) in [5, 5.41) is 0. The van der Waals surface area contributed by atoms with Crippen molar-refractivity contribution in [3.8, 4) is 0 Å². The number of carbonyl (C=O) groups is 2. The topological polar surface area (TPSA) is 52.6 Å². The molecule has 2 aliphatic carbocycles. The van der Waals surface area contributed by atoms with Gasteiger partial charge in [-0.3, -0.25) is 9.59 Å². The zero-order valence-corrected chi connectivity index (χ0v) is 18.5. The second-order valence-corrected chi connectivity index (χ2v) is 12.7. The molecule has 0 aliphatic heterocycles. The number of ether oxygens (including phenoxy) is 2. The van der Waals surface area contributed by atoms with Crippen molar-refractivity contribution in [2.75, 3.05) is 14.2 Å². The molecule has 0 spiro atoms. The van der Waals surface area contributed by atoms with Crippen LogP contribution in [0.2, 0.25) is 25.7 Å². The molecule has 0 aromatic rings. The normalized spacial score (nSPS) is 16.7. The number of carbonyl (C=O) groups excluding carboxylic acids is 2. The molecule has 2 aliphatic rings. The van der Waals surface area contributed by atoms with Gasteiger partial charge in [-0.05, 0) is 35.8 Å². The maximum Gasteiger partial charge on any atom is 0.331 e. The van der Waals surface area contributed by atoms with Crippen LogP contribution in [0.15, 0.2) is 47.6 Å². The first-order valence-electron chi connectivity index (χ1n) is 8.47. The average molecular weight is 420 g/mol. The van der Waals surface area contributed by atoms with Crippen molar-refractivity contribution in [1.82, 2.24) is 0 Å². The third kappa shape index (κ3) is 6.41. The Balaban J connectivity index is 0.000000893. The minimum atomic E-state index is -1.40. The molecule has 26 heavy (non-hydrogen) atoms. The van der Waals surface area contributed by atoms with Crippen LogP contribution in [0.4, 0.5) is 0 Å². The monoisotopic (exact) mass is 420 g/mol. The van der Waals surface area contributed by atoms with Gasteiger partial charge in [0.2, 0.25) is 5.41 Å². The van der Waals surface area contributed by atoms with Crippen LogP contribution in [-0.2, 0) is 35.8 Å². The minimum Gasteiger partial charge on any atom is -0.468 e. The largest absolute Gasteiger partial charge is 0.468 e. The number of hydrogen-bond acceptors (Lipinski definition) is 4. The predicted molar refractivity (Wildman–Crippen MR) is 104 cm³/mol. The molecule has 0 saturated heterocycles. The molecule has 6 heteroatoms. The van der Waals surface area contributed by atoms with Crippen LogP contribution in [0.5, 0.6) is 0 Å². The van der Waals surface area contributed by atoms with E-state index in [1.165, 1.54) is 14.2 Å². The maximum atomic E-state index is 12.1. The molecule has 146 valence electrons. The third-order valence-electron chi connectivity index (χ3n) is 3.92. The van der Waals surface area contributed by atoms with Gasteiger partial charge in [0.1, 0.15) is 0 Å². The van der Waals surface area contributed by atoms with E-state index in [1.807, 2.05) is 37.6 Å². The van der Waals surface area contributed by atoms with Crippen LogP contribution >= 0.6 is 0 Å². The molecule has 0 atom stereocenters. The van der Waals surface area contributed by atoms with Crippen LogP contribution < -0.4 is 0 Å². The summed E-state index contributed by atoms with van der Waals surface area (Å²) in [6.07, 6.45) is 14.2. The summed E-state index contributed by atoms with van der Waals surface area (Å²) in [5.41, 5.74) is 0.731. The zero-order chi connectivity index (χ0) is 19.1. The standard InChI is InChI=1S/C15H24O4Si.C5H5.Co/c1-7-11-8-15(13(16)18-2,14(17)19-3)9-12(11)10-20(4,5)6;1-2-4-5-3-1;/h8-9H,7,10H2,1-6H3;1-5H;. The summed E-state index contributed by atoms with van der Waals surface area (Å²) in [6.45, 7) is 8.81. The van der Waals surface area contributed by atoms with Gasteiger partial charge in [0.05, 0.1) is 14.2 Å². The van der Waals surface area contributed by atoms with Crippen molar-refractivity contribution in [3.63, 3.8) is 0 Å². The SMILES string of the molecule is CCC1=CC(C(=O)OC)(C(=O)OC)C=C1C[Si](C)(C)C.[CH]1C=CC=C1.[Co]. The Bertz CT molecular complexity index is 598. The van der Waals surface area contributed by atoms with Gasteiger partial charge in [0.25, 0.3) is 0 Å². The van der Waals surface area contributed by atoms with Gasteiger partial charge in [-0.1, -0.05) is 50.9 Å². The molecule has 2 radical (unpaired) electrons. The van der Waals surface area contributed by atoms with Gasteiger partial charge < -0.3 is 9.47 Å². The minimum absolute atomic E-state index is 0. The van der Waals surface area contributed by atoms with Crippen molar-refractivity contribution in [2.45, 2.75) is 39.0 Å². The molecule has 0 saturated carbocycles. The second kappa shape index (κ2) is 10.7. The quantitative estimate of drug-likeness (QED) is 0.379. The molecule has 0 amide bonds. The van der Waals surface area contributed by atoms with Crippen LogP contribution in [0.1, 0.15) is 13.3 Å². The van der Waals surface area contributed by atoms with Crippen LogP contribution in [0.3, 0.4) is 0 Å². The number of hydrogen-bond donors (Lipinski definition) is 0. The zero-order valence-electron chi connectivity index (χ0n) is 16.4. The van der Waals surface area contributed by atoms with E-state index in [4.69, 9.17) is 9.47 Å². The summed E-state index contributed by atoms with van der Waals surface area (Å²) in [5.74, 6) is -1.17. The van der Waals surface area contributed by atoms with E-state index >= 15 is 0 Å². The summed E-state index contributed by atoms with van der Waals surface area (Å²) in [4.78, 5) is 24.2. The molecule has 4 nitrogen and oxygen atoms in total.